The predicted octanol–water partition coefficient (Wildman–Crippen LogP) is 4.98. The van der Waals surface area contributed by atoms with Crippen LogP contribution < -0.4 is 16.0 Å². The molecule has 0 aliphatic heterocycles. The first-order valence-electron chi connectivity index (χ1n) is 10.6. The molecule has 32 heavy (non-hydrogen) atoms. The van der Waals surface area contributed by atoms with Gasteiger partial charge in [-0.05, 0) is 35.1 Å². The first-order chi connectivity index (χ1) is 15.3. The molecule has 0 unspecified atom stereocenters. The summed E-state index contributed by atoms with van der Waals surface area (Å²) in [4.78, 5) is 14.6. The SMILES string of the molecule is CC(C)CN(CC(C)C)c1ccc(-c2ccccc2/C(N)=N/N=N)cc1NC(=O)CC#N. The second-order valence-corrected chi connectivity index (χ2v) is 8.44. The largest absolute Gasteiger partial charge is 0.382 e. The van der Waals surface area contributed by atoms with Crippen molar-refractivity contribution in [1.82, 2.24) is 0 Å². The maximum atomic E-state index is 12.3. The van der Waals surface area contributed by atoms with Crippen LogP contribution in [0.5, 0.6) is 0 Å². The van der Waals surface area contributed by atoms with Gasteiger partial charge >= 0.3 is 0 Å². The Bertz CT molecular complexity index is 1010. The van der Waals surface area contributed by atoms with Gasteiger partial charge in [0.25, 0.3) is 0 Å². The Labute approximate surface area is 189 Å². The smallest absolute Gasteiger partial charge is 0.238 e. The quantitative estimate of drug-likeness (QED) is 0.211. The maximum absolute atomic E-state index is 12.3. The van der Waals surface area contributed by atoms with Crippen LogP contribution in [0.25, 0.3) is 11.1 Å². The Morgan fingerprint density at radius 1 is 1.16 bits per heavy atom. The molecule has 0 saturated heterocycles. The number of hydrogen-bond donors (Lipinski definition) is 3. The Kier molecular flexibility index (Phi) is 8.90. The first-order valence-corrected chi connectivity index (χ1v) is 10.6. The summed E-state index contributed by atoms with van der Waals surface area (Å²) in [5, 5.41) is 18.5. The molecule has 0 aliphatic carbocycles. The molecule has 2 aromatic carbocycles. The minimum atomic E-state index is -0.359. The number of hydrogen-bond acceptors (Lipinski definition) is 5. The summed E-state index contributed by atoms with van der Waals surface area (Å²) in [5.74, 6) is 0.640. The van der Waals surface area contributed by atoms with Gasteiger partial charge in [-0.25, -0.2) is 0 Å². The van der Waals surface area contributed by atoms with Crippen LogP contribution in [0.2, 0.25) is 0 Å². The van der Waals surface area contributed by atoms with Crippen LogP contribution in [-0.2, 0) is 4.79 Å². The van der Waals surface area contributed by atoms with Crippen LogP contribution in [0.4, 0.5) is 11.4 Å². The van der Waals surface area contributed by atoms with Gasteiger partial charge in [0.1, 0.15) is 6.42 Å². The van der Waals surface area contributed by atoms with Crippen LogP contribution in [0.3, 0.4) is 0 Å². The van der Waals surface area contributed by atoms with Crippen molar-refractivity contribution >= 4 is 23.1 Å². The third-order valence-electron chi connectivity index (χ3n) is 4.69. The molecule has 0 radical (unpaired) electrons. The summed E-state index contributed by atoms with van der Waals surface area (Å²) in [5.41, 5.74) is 16.8. The summed E-state index contributed by atoms with van der Waals surface area (Å²) in [6.07, 6.45) is -0.223. The van der Waals surface area contributed by atoms with Crippen LogP contribution in [0.15, 0.2) is 52.8 Å². The highest BCUT2D eigenvalue weighted by Gasteiger charge is 2.18. The van der Waals surface area contributed by atoms with E-state index in [4.69, 9.17) is 16.5 Å². The summed E-state index contributed by atoms with van der Waals surface area (Å²) in [6, 6.07) is 15.2. The number of benzene rings is 2. The lowest BCUT2D eigenvalue weighted by Gasteiger charge is -2.30. The van der Waals surface area contributed by atoms with Gasteiger partial charge in [0, 0.05) is 18.7 Å². The standard InChI is InChI=1S/C24H31N7O/c1-16(2)14-31(15-17(3)4)22-10-9-18(13-21(22)28-23(32)11-12-25)19-7-5-6-8-20(19)24(26)29-30-27/h5-10,13,16-17H,11,14-15H2,1-4H3,(H,28,32)(H3,26,27,29). The number of rotatable bonds is 10. The van der Waals surface area contributed by atoms with Crippen LogP contribution in [0, 0.1) is 28.7 Å². The summed E-state index contributed by atoms with van der Waals surface area (Å²) < 4.78 is 0. The van der Waals surface area contributed by atoms with Crippen LogP contribution in [-0.4, -0.2) is 24.8 Å². The minimum Gasteiger partial charge on any atom is -0.382 e. The zero-order valence-electron chi connectivity index (χ0n) is 19.1. The normalized spacial score (nSPS) is 11.3. The fourth-order valence-corrected chi connectivity index (χ4v) is 3.56. The van der Waals surface area contributed by atoms with Crippen LogP contribution >= 0.6 is 0 Å². The number of nitrogens with zero attached hydrogens (tertiary/aromatic N) is 4. The minimum absolute atomic E-state index is 0.135. The Balaban J connectivity index is 2.62. The molecule has 0 fully saturated rings. The summed E-state index contributed by atoms with van der Waals surface area (Å²) >= 11 is 0. The van der Waals surface area contributed by atoms with Gasteiger partial charge in [-0.15, -0.1) is 5.10 Å². The van der Waals surface area contributed by atoms with E-state index in [0.717, 1.165) is 29.9 Å². The Morgan fingerprint density at radius 2 is 1.81 bits per heavy atom. The molecule has 0 saturated carbocycles. The molecule has 0 atom stereocenters. The van der Waals surface area contributed by atoms with Crippen molar-refractivity contribution in [3.05, 3.63) is 48.0 Å². The highest BCUT2D eigenvalue weighted by Crippen LogP contribution is 2.34. The van der Waals surface area contributed by atoms with E-state index in [9.17, 15) is 4.79 Å². The van der Waals surface area contributed by atoms with E-state index in [1.807, 2.05) is 48.5 Å². The van der Waals surface area contributed by atoms with Gasteiger partial charge in [-0.2, -0.15) is 10.8 Å². The Hall–Kier alpha value is -3.73. The second kappa shape index (κ2) is 11.6. The molecular weight excluding hydrogens is 402 g/mol. The molecule has 1 amide bonds. The highest BCUT2D eigenvalue weighted by molar-refractivity contribution is 6.04. The molecule has 0 aliphatic rings. The van der Waals surface area contributed by atoms with E-state index >= 15 is 0 Å². The van der Waals surface area contributed by atoms with E-state index in [1.54, 1.807) is 0 Å². The lowest BCUT2D eigenvalue weighted by Crippen LogP contribution is -2.32. The van der Waals surface area contributed by atoms with Gasteiger partial charge < -0.3 is 16.0 Å². The van der Waals surface area contributed by atoms with E-state index in [2.05, 4.69) is 48.2 Å². The number of nitrogens with two attached hydrogens (primary N) is 1. The first kappa shape index (κ1) is 24.5. The molecule has 2 rings (SSSR count). The van der Waals surface area contributed by atoms with Crippen molar-refractivity contribution in [3.63, 3.8) is 0 Å². The fourth-order valence-electron chi connectivity index (χ4n) is 3.56. The van der Waals surface area contributed by atoms with Gasteiger partial charge in [-0.3, -0.25) is 4.79 Å². The van der Waals surface area contributed by atoms with Crippen molar-refractivity contribution in [2.45, 2.75) is 34.1 Å². The number of carbonyl (C=O) groups excluding carboxylic acids is 1. The average Bonchev–Trinajstić information content (AvgIpc) is 2.73. The van der Waals surface area contributed by atoms with Gasteiger partial charge in [0.2, 0.25) is 5.91 Å². The topological polar surface area (TPSA) is 131 Å². The van der Waals surface area contributed by atoms with Crippen molar-refractivity contribution in [2.75, 3.05) is 23.3 Å². The summed E-state index contributed by atoms with van der Waals surface area (Å²) in [7, 11) is 0. The third kappa shape index (κ3) is 6.64. The van der Waals surface area contributed by atoms with Gasteiger partial charge in [0.15, 0.2) is 5.84 Å². The van der Waals surface area contributed by atoms with E-state index < -0.39 is 0 Å². The number of nitrogens with one attached hydrogen (secondary N) is 2. The molecule has 8 heteroatoms. The van der Waals surface area contributed by atoms with Gasteiger partial charge in [0.05, 0.1) is 17.4 Å². The van der Waals surface area contributed by atoms with E-state index in [1.165, 1.54) is 0 Å². The Morgan fingerprint density at radius 3 is 2.41 bits per heavy atom. The molecule has 168 valence electrons. The number of amidine groups is 1. The lowest BCUT2D eigenvalue weighted by atomic mass is 9.97. The van der Waals surface area contributed by atoms with Gasteiger partial charge in [-0.1, -0.05) is 63.3 Å². The molecule has 2 aromatic rings. The average molecular weight is 434 g/mol. The zero-order valence-corrected chi connectivity index (χ0v) is 19.1. The van der Waals surface area contributed by atoms with Crippen molar-refractivity contribution in [3.8, 4) is 17.2 Å². The van der Waals surface area contributed by atoms with E-state index in [0.29, 0.717) is 23.1 Å². The molecule has 0 bridgehead atoms. The third-order valence-corrected chi connectivity index (χ3v) is 4.69. The van der Waals surface area contributed by atoms with E-state index in [-0.39, 0.29) is 18.2 Å². The number of nitriles is 1. The molecule has 4 N–H and O–H groups in total. The lowest BCUT2D eigenvalue weighted by molar-refractivity contribution is -0.115. The fraction of sp³-hybridized carbons (Fsp3) is 0.375. The number of carbonyl (C=O) groups is 1. The monoisotopic (exact) mass is 433 g/mol. The molecule has 0 heterocycles. The molecule has 0 spiro atoms. The van der Waals surface area contributed by atoms with Crippen molar-refractivity contribution in [1.29, 1.82) is 10.8 Å². The maximum Gasteiger partial charge on any atom is 0.238 e. The van der Waals surface area contributed by atoms with Crippen molar-refractivity contribution < 1.29 is 4.79 Å². The summed E-state index contributed by atoms with van der Waals surface area (Å²) in [6.45, 7) is 10.3. The second-order valence-electron chi connectivity index (χ2n) is 8.44. The predicted molar refractivity (Wildman–Crippen MR) is 128 cm³/mol. The van der Waals surface area contributed by atoms with Crippen LogP contribution in [0.1, 0.15) is 39.7 Å². The zero-order chi connectivity index (χ0) is 23.7. The van der Waals surface area contributed by atoms with Crippen molar-refractivity contribution in [2.24, 2.45) is 27.9 Å². The molecule has 8 nitrogen and oxygen atoms in total. The highest BCUT2D eigenvalue weighted by atomic mass is 16.1. The molecular formula is C24H31N7O. The number of amides is 1. The number of anilines is 2. The molecule has 0 aromatic heterocycles.